The van der Waals surface area contributed by atoms with Crippen molar-refractivity contribution in [3.8, 4) is 5.75 Å². The number of benzene rings is 1. The summed E-state index contributed by atoms with van der Waals surface area (Å²) < 4.78 is 9.88. The highest BCUT2D eigenvalue weighted by Gasteiger charge is 2.09. The van der Waals surface area contributed by atoms with Gasteiger partial charge in [-0.25, -0.2) is 9.59 Å². The minimum atomic E-state index is -0.736. The van der Waals surface area contributed by atoms with E-state index in [4.69, 9.17) is 32.7 Å². The molecule has 0 N–H and O–H groups in total. The molecule has 0 aliphatic carbocycles. The Balaban J connectivity index is 2.48. The Kier molecular flexibility index (Phi) is 7.26. The van der Waals surface area contributed by atoms with Crippen LogP contribution >= 0.6 is 23.2 Å². The van der Waals surface area contributed by atoms with Gasteiger partial charge in [0.2, 0.25) is 0 Å². The molecule has 0 bridgehead atoms. The standard InChI is InChI=1S/C15H16Cl2O4/c1-10(2)8-9-20-13(18)6-7-14(19)21-12-5-3-4-11(16)15(12)17/h3-7,10H,8-9H2,1-2H3/b7-6+. The van der Waals surface area contributed by atoms with E-state index in [-0.39, 0.29) is 15.8 Å². The lowest BCUT2D eigenvalue weighted by Gasteiger charge is -2.05. The fourth-order valence-corrected chi connectivity index (χ4v) is 1.62. The summed E-state index contributed by atoms with van der Waals surface area (Å²) in [5.41, 5.74) is 0. The molecule has 0 spiro atoms. The monoisotopic (exact) mass is 330 g/mol. The van der Waals surface area contributed by atoms with E-state index >= 15 is 0 Å². The maximum Gasteiger partial charge on any atom is 0.336 e. The summed E-state index contributed by atoms with van der Waals surface area (Å²) in [5.74, 6) is -0.756. The topological polar surface area (TPSA) is 52.6 Å². The quantitative estimate of drug-likeness (QED) is 0.448. The number of hydrogen-bond acceptors (Lipinski definition) is 4. The van der Waals surface area contributed by atoms with Gasteiger partial charge in [-0.15, -0.1) is 0 Å². The van der Waals surface area contributed by atoms with Crippen LogP contribution in [0.2, 0.25) is 10.0 Å². The van der Waals surface area contributed by atoms with Gasteiger partial charge in [0.25, 0.3) is 0 Å². The summed E-state index contributed by atoms with van der Waals surface area (Å²) in [5, 5.41) is 0.416. The summed E-state index contributed by atoms with van der Waals surface area (Å²) in [7, 11) is 0. The van der Waals surface area contributed by atoms with Gasteiger partial charge in [-0.05, 0) is 24.5 Å². The Hall–Kier alpha value is -1.52. The third kappa shape index (κ3) is 6.65. The van der Waals surface area contributed by atoms with Gasteiger partial charge in [0.05, 0.1) is 11.6 Å². The molecule has 0 fully saturated rings. The fraction of sp³-hybridized carbons (Fsp3) is 0.333. The smallest absolute Gasteiger partial charge is 0.336 e. The van der Waals surface area contributed by atoms with E-state index in [9.17, 15) is 9.59 Å². The molecule has 0 aliphatic heterocycles. The maximum atomic E-state index is 11.5. The number of carbonyl (C=O) groups excluding carboxylic acids is 2. The molecule has 1 aromatic rings. The molecule has 21 heavy (non-hydrogen) atoms. The van der Waals surface area contributed by atoms with Crippen molar-refractivity contribution in [2.75, 3.05) is 6.61 Å². The first-order chi connectivity index (χ1) is 9.90. The van der Waals surface area contributed by atoms with E-state index in [1.807, 2.05) is 13.8 Å². The minimum Gasteiger partial charge on any atom is -0.463 e. The fourth-order valence-electron chi connectivity index (χ4n) is 1.28. The van der Waals surface area contributed by atoms with Crippen molar-refractivity contribution in [2.24, 2.45) is 5.92 Å². The Labute approximate surface area is 133 Å². The Morgan fingerprint density at radius 3 is 2.52 bits per heavy atom. The van der Waals surface area contributed by atoms with E-state index < -0.39 is 11.9 Å². The Morgan fingerprint density at radius 2 is 1.86 bits per heavy atom. The number of ether oxygens (including phenoxy) is 2. The van der Waals surface area contributed by atoms with Crippen molar-refractivity contribution in [1.29, 1.82) is 0 Å². The normalized spacial score (nSPS) is 10.9. The third-order valence-corrected chi connectivity index (χ3v) is 3.22. The Bertz CT molecular complexity index is 538. The second-order valence-electron chi connectivity index (χ2n) is 4.66. The van der Waals surface area contributed by atoms with Crippen molar-refractivity contribution < 1.29 is 19.1 Å². The molecule has 0 amide bonds. The second-order valence-corrected chi connectivity index (χ2v) is 5.44. The zero-order chi connectivity index (χ0) is 15.8. The molecule has 1 rings (SSSR count). The number of hydrogen-bond donors (Lipinski definition) is 0. The Morgan fingerprint density at radius 1 is 1.19 bits per heavy atom. The van der Waals surface area contributed by atoms with Crippen LogP contribution in [0.5, 0.6) is 5.75 Å². The first-order valence-corrected chi connectivity index (χ1v) is 7.16. The summed E-state index contributed by atoms with van der Waals surface area (Å²) in [6.45, 7) is 4.36. The van der Waals surface area contributed by atoms with Gasteiger partial charge in [-0.1, -0.05) is 43.1 Å². The molecule has 0 saturated heterocycles. The molecule has 1 aromatic carbocycles. The number of carbonyl (C=O) groups is 2. The summed E-state index contributed by atoms with van der Waals surface area (Å²) in [6.07, 6.45) is 2.76. The van der Waals surface area contributed by atoms with Crippen molar-refractivity contribution in [3.63, 3.8) is 0 Å². The van der Waals surface area contributed by atoms with Gasteiger partial charge in [0, 0.05) is 12.2 Å². The highest BCUT2D eigenvalue weighted by atomic mass is 35.5. The molecular formula is C15H16Cl2O4. The predicted molar refractivity (Wildman–Crippen MR) is 81.7 cm³/mol. The molecule has 0 aliphatic rings. The van der Waals surface area contributed by atoms with Crippen molar-refractivity contribution in [3.05, 3.63) is 40.4 Å². The first-order valence-electron chi connectivity index (χ1n) is 6.40. The molecule has 0 radical (unpaired) electrons. The lowest BCUT2D eigenvalue weighted by atomic mass is 10.1. The van der Waals surface area contributed by atoms with Gasteiger partial charge in [-0.3, -0.25) is 0 Å². The molecule has 0 saturated carbocycles. The van der Waals surface area contributed by atoms with Crippen LogP contribution in [0.3, 0.4) is 0 Å². The first kappa shape index (κ1) is 17.5. The largest absolute Gasteiger partial charge is 0.463 e. The van der Waals surface area contributed by atoms with E-state index in [0.29, 0.717) is 12.5 Å². The van der Waals surface area contributed by atoms with Gasteiger partial charge in [-0.2, -0.15) is 0 Å². The second kappa shape index (κ2) is 8.70. The van der Waals surface area contributed by atoms with Crippen LogP contribution in [0.15, 0.2) is 30.4 Å². The zero-order valence-corrected chi connectivity index (χ0v) is 13.3. The molecule has 114 valence electrons. The predicted octanol–water partition coefficient (Wildman–Crippen LogP) is 4.04. The summed E-state index contributed by atoms with van der Waals surface area (Å²) in [4.78, 5) is 22.9. The van der Waals surface area contributed by atoms with Crippen LogP contribution in [0.25, 0.3) is 0 Å². The van der Waals surface area contributed by atoms with Crippen LogP contribution in [0, 0.1) is 5.92 Å². The van der Waals surface area contributed by atoms with Gasteiger partial charge >= 0.3 is 11.9 Å². The lowest BCUT2D eigenvalue weighted by Crippen LogP contribution is -2.08. The van der Waals surface area contributed by atoms with Crippen LogP contribution < -0.4 is 4.74 Å². The highest BCUT2D eigenvalue weighted by Crippen LogP contribution is 2.31. The van der Waals surface area contributed by atoms with Gasteiger partial charge < -0.3 is 9.47 Å². The van der Waals surface area contributed by atoms with Gasteiger partial charge in [0.1, 0.15) is 5.02 Å². The molecule has 0 atom stereocenters. The minimum absolute atomic E-state index is 0.131. The van der Waals surface area contributed by atoms with E-state index in [0.717, 1.165) is 18.6 Å². The SMILES string of the molecule is CC(C)CCOC(=O)/C=C/C(=O)Oc1cccc(Cl)c1Cl. The summed E-state index contributed by atoms with van der Waals surface area (Å²) in [6, 6.07) is 4.67. The molecular weight excluding hydrogens is 315 g/mol. The molecule has 0 heterocycles. The molecule has 0 unspecified atom stereocenters. The van der Waals surface area contributed by atoms with E-state index in [1.165, 1.54) is 6.07 Å². The van der Waals surface area contributed by atoms with Crippen LogP contribution in [0.1, 0.15) is 20.3 Å². The van der Waals surface area contributed by atoms with Crippen LogP contribution in [-0.2, 0) is 14.3 Å². The highest BCUT2D eigenvalue weighted by molar-refractivity contribution is 6.43. The molecule has 0 aromatic heterocycles. The van der Waals surface area contributed by atoms with E-state index in [2.05, 4.69) is 0 Å². The zero-order valence-electron chi connectivity index (χ0n) is 11.8. The molecule has 4 nitrogen and oxygen atoms in total. The summed E-state index contributed by atoms with van der Waals surface area (Å²) >= 11 is 11.7. The number of esters is 2. The van der Waals surface area contributed by atoms with Gasteiger partial charge in [0.15, 0.2) is 5.75 Å². The lowest BCUT2D eigenvalue weighted by molar-refractivity contribution is -0.138. The van der Waals surface area contributed by atoms with E-state index in [1.54, 1.807) is 12.1 Å². The number of halogens is 2. The maximum absolute atomic E-state index is 11.5. The molecule has 6 heteroatoms. The number of rotatable bonds is 6. The average Bonchev–Trinajstić information content (AvgIpc) is 2.41. The average molecular weight is 331 g/mol. The third-order valence-electron chi connectivity index (χ3n) is 2.42. The van der Waals surface area contributed by atoms with Crippen LogP contribution in [0.4, 0.5) is 0 Å². The van der Waals surface area contributed by atoms with Crippen molar-refractivity contribution >= 4 is 35.1 Å². The van der Waals surface area contributed by atoms with Crippen LogP contribution in [-0.4, -0.2) is 18.5 Å². The van der Waals surface area contributed by atoms with Crippen molar-refractivity contribution in [1.82, 2.24) is 0 Å². The van der Waals surface area contributed by atoms with Crippen molar-refractivity contribution in [2.45, 2.75) is 20.3 Å².